The standard InChI is InChI=1S/C23H20F4N2O/c1-2-20-9-6-10-21(29-20)22(28-15-30,14-16-7-4-3-5-8-16)17-11-18(23(25,26)27)13-19(24)12-17/h3-13,15H,2,14H2,1H3,(H,28,30). The second-order valence-corrected chi connectivity index (χ2v) is 6.92. The van der Waals surface area contributed by atoms with Gasteiger partial charge in [0.15, 0.2) is 0 Å². The van der Waals surface area contributed by atoms with Crippen LogP contribution in [-0.4, -0.2) is 11.4 Å². The molecule has 1 amide bonds. The van der Waals surface area contributed by atoms with Gasteiger partial charge >= 0.3 is 6.18 Å². The second-order valence-electron chi connectivity index (χ2n) is 6.92. The number of amides is 1. The summed E-state index contributed by atoms with van der Waals surface area (Å²) in [5, 5.41) is 2.66. The van der Waals surface area contributed by atoms with Gasteiger partial charge in [-0.1, -0.05) is 43.3 Å². The molecule has 1 N–H and O–H groups in total. The Morgan fingerprint density at radius 3 is 2.30 bits per heavy atom. The number of nitrogens with zero attached hydrogens (tertiary/aromatic N) is 1. The van der Waals surface area contributed by atoms with Gasteiger partial charge in [0, 0.05) is 12.1 Å². The van der Waals surface area contributed by atoms with Gasteiger partial charge in [0.05, 0.1) is 11.3 Å². The minimum absolute atomic E-state index is 0.0356. The van der Waals surface area contributed by atoms with Crippen molar-refractivity contribution in [3.05, 3.63) is 101 Å². The maximum absolute atomic E-state index is 14.3. The largest absolute Gasteiger partial charge is 0.416 e. The zero-order valence-corrected chi connectivity index (χ0v) is 16.2. The molecule has 1 heterocycles. The molecule has 0 radical (unpaired) electrons. The summed E-state index contributed by atoms with van der Waals surface area (Å²) in [4.78, 5) is 16.2. The van der Waals surface area contributed by atoms with Gasteiger partial charge in [0.25, 0.3) is 0 Å². The molecule has 0 spiro atoms. The lowest BCUT2D eigenvalue weighted by Crippen LogP contribution is -2.46. The summed E-state index contributed by atoms with van der Waals surface area (Å²) in [5.74, 6) is -1.04. The van der Waals surface area contributed by atoms with Crippen molar-refractivity contribution in [2.45, 2.75) is 31.5 Å². The Morgan fingerprint density at radius 1 is 0.967 bits per heavy atom. The quantitative estimate of drug-likeness (QED) is 0.433. The molecule has 1 atom stereocenters. The van der Waals surface area contributed by atoms with Crippen LogP contribution in [0, 0.1) is 5.82 Å². The molecule has 1 aromatic heterocycles. The number of rotatable bonds is 7. The molecule has 2 aromatic carbocycles. The zero-order chi connectivity index (χ0) is 21.8. The van der Waals surface area contributed by atoms with Gasteiger partial charge in [-0.3, -0.25) is 9.78 Å². The maximum atomic E-state index is 14.3. The predicted octanol–water partition coefficient (Wildman–Crippen LogP) is 5.03. The summed E-state index contributed by atoms with van der Waals surface area (Å²) in [6.07, 6.45) is -3.66. The Labute approximate surface area is 171 Å². The van der Waals surface area contributed by atoms with Crippen LogP contribution in [-0.2, 0) is 29.4 Å². The van der Waals surface area contributed by atoms with Crippen molar-refractivity contribution >= 4 is 6.41 Å². The van der Waals surface area contributed by atoms with E-state index in [0.29, 0.717) is 30.3 Å². The summed E-state index contributed by atoms with van der Waals surface area (Å²) in [5.41, 5.74) is -0.882. The van der Waals surface area contributed by atoms with Crippen LogP contribution >= 0.6 is 0 Å². The van der Waals surface area contributed by atoms with Crippen LogP contribution in [0.1, 0.15) is 35.0 Å². The van der Waals surface area contributed by atoms with Crippen molar-refractivity contribution in [3.63, 3.8) is 0 Å². The van der Waals surface area contributed by atoms with Crippen LogP contribution < -0.4 is 5.32 Å². The molecule has 7 heteroatoms. The van der Waals surface area contributed by atoms with E-state index in [9.17, 15) is 22.4 Å². The average molecular weight is 416 g/mol. The molecule has 0 aliphatic rings. The fourth-order valence-electron chi connectivity index (χ4n) is 3.47. The summed E-state index contributed by atoms with van der Waals surface area (Å²) in [7, 11) is 0. The topological polar surface area (TPSA) is 42.0 Å². The lowest BCUT2D eigenvalue weighted by Gasteiger charge is -2.34. The zero-order valence-electron chi connectivity index (χ0n) is 16.2. The van der Waals surface area contributed by atoms with E-state index in [1.54, 1.807) is 48.5 Å². The van der Waals surface area contributed by atoms with E-state index < -0.39 is 23.1 Å². The van der Waals surface area contributed by atoms with Crippen molar-refractivity contribution in [1.82, 2.24) is 10.3 Å². The lowest BCUT2D eigenvalue weighted by molar-refractivity contribution is -0.137. The van der Waals surface area contributed by atoms with Gasteiger partial charge < -0.3 is 5.32 Å². The number of nitrogens with one attached hydrogen (secondary N) is 1. The van der Waals surface area contributed by atoms with Gasteiger partial charge in [-0.05, 0) is 47.9 Å². The number of alkyl halides is 3. The van der Waals surface area contributed by atoms with Crippen molar-refractivity contribution in [2.75, 3.05) is 0 Å². The number of aryl methyl sites for hydroxylation is 1. The molecule has 30 heavy (non-hydrogen) atoms. The van der Waals surface area contributed by atoms with E-state index in [0.717, 1.165) is 17.7 Å². The van der Waals surface area contributed by atoms with E-state index in [-0.39, 0.29) is 12.0 Å². The number of pyridine rings is 1. The van der Waals surface area contributed by atoms with E-state index in [4.69, 9.17) is 0 Å². The minimum atomic E-state index is -4.74. The molecular weight excluding hydrogens is 396 g/mol. The van der Waals surface area contributed by atoms with Crippen LogP contribution in [0.3, 0.4) is 0 Å². The molecule has 3 rings (SSSR count). The number of carbonyl (C=O) groups excluding carboxylic acids is 1. The molecule has 0 fully saturated rings. The highest BCUT2D eigenvalue weighted by atomic mass is 19.4. The first-order valence-corrected chi connectivity index (χ1v) is 9.38. The monoisotopic (exact) mass is 416 g/mol. The van der Waals surface area contributed by atoms with E-state index in [1.807, 2.05) is 6.92 Å². The minimum Gasteiger partial charge on any atom is -0.343 e. The smallest absolute Gasteiger partial charge is 0.343 e. The Morgan fingerprint density at radius 2 is 1.67 bits per heavy atom. The Balaban J connectivity index is 2.30. The van der Waals surface area contributed by atoms with Crippen LogP contribution in [0.4, 0.5) is 17.6 Å². The summed E-state index contributed by atoms with van der Waals surface area (Å²) in [6, 6.07) is 16.4. The van der Waals surface area contributed by atoms with E-state index >= 15 is 0 Å². The number of hydrogen-bond donors (Lipinski definition) is 1. The molecule has 0 saturated carbocycles. The molecule has 0 bridgehead atoms. The van der Waals surface area contributed by atoms with Crippen molar-refractivity contribution in [3.8, 4) is 0 Å². The van der Waals surface area contributed by atoms with Crippen LogP contribution in [0.5, 0.6) is 0 Å². The first kappa shape index (κ1) is 21.5. The Hall–Kier alpha value is -3.22. The highest BCUT2D eigenvalue weighted by molar-refractivity contribution is 5.54. The summed E-state index contributed by atoms with van der Waals surface area (Å²) in [6.45, 7) is 1.89. The molecule has 0 saturated heterocycles. The first-order valence-electron chi connectivity index (χ1n) is 9.38. The second kappa shape index (κ2) is 8.65. The molecule has 156 valence electrons. The SMILES string of the molecule is CCc1cccc(C(Cc2ccccc2)(NC=O)c2cc(F)cc(C(F)(F)F)c2)n1. The number of halogens is 4. The van der Waals surface area contributed by atoms with Gasteiger partial charge in [0.2, 0.25) is 6.41 Å². The number of benzene rings is 2. The molecule has 3 aromatic rings. The normalized spacial score (nSPS) is 13.5. The van der Waals surface area contributed by atoms with Crippen LogP contribution in [0.2, 0.25) is 0 Å². The molecule has 0 aliphatic heterocycles. The summed E-state index contributed by atoms with van der Waals surface area (Å²) < 4.78 is 54.5. The number of carbonyl (C=O) groups is 1. The number of aromatic nitrogens is 1. The van der Waals surface area contributed by atoms with Crippen molar-refractivity contribution in [1.29, 1.82) is 0 Å². The fraction of sp³-hybridized carbons (Fsp3) is 0.217. The van der Waals surface area contributed by atoms with Gasteiger partial charge in [0.1, 0.15) is 11.4 Å². The van der Waals surface area contributed by atoms with Crippen molar-refractivity contribution < 1.29 is 22.4 Å². The maximum Gasteiger partial charge on any atom is 0.416 e. The molecule has 0 aliphatic carbocycles. The van der Waals surface area contributed by atoms with Gasteiger partial charge in [-0.2, -0.15) is 13.2 Å². The predicted molar refractivity (Wildman–Crippen MR) is 105 cm³/mol. The van der Waals surface area contributed by atoms with Crippen molar-refractivity contribution in [2.24, 2.45) is 0 Å². The average Bonchev–Trinajstić information content (AvgIpc) is 2.73. The Bertz CT molecular complexity index is 1020. The third-order valence-electron chi connectivity index (χ3n) is 4.94. The van der Waals surface area contributed by atoms with Gasteiger partial charge in [-0.25, -0.2) is 4.39 Å². The highest BCUT2D eigenvalue weighted by Gasteiger charge is 2.39. The molecule has 3 nitrogen and oxygen atoms in total. The molecule has 1 unspecified atom stereocenters. The summed E-state index contributed by atoms with van der Waals surface area (Å²) >= 11 is 0. The van der Waals surface area contributed by atoms with Crippen LogP contribution in [0.25, 0.3) is 0 Å². The number of hydrogen-bond acceptors (Lipinski definition) is 2. The van der Waals surface area contributed by atoms with E-state index in [2.05, 4.69) is 10.3 Å². The van der Waals surface area contributed by atoms with E-state index in [1.165, 1.54) is 0 Å². The van der Waals surface area contributed by atoms with Gasteiger partial charge in [-0.15, -0.1) is 0 Å². The fourth-order valence-corrected chi connectivity index (χ4v) is 3.47. The van der Waals surface area contributed by atoms with Crippen LogP contribution in [0.15, 0.2) is 66.7 Å². The lowest BCUT2D eigenvalue weighted by atomic mass is 9.80. The Kier molecular flexibility index (Phi) is 6.20. The highest BCUT2D eigenvalue weighted by Crippen LogP contribution is 2.37. The third kappa shape index (κ3) is 4.50. The first-order chi connectivity index (χ1) is 14.3. The molecular formula is C23H20F4N2O. The third-order valence-corrected chi connectivity index (χ3v) is 4.94.